The first-order chi connectivity index (χ1) is 8.25. The van der Waals surface area contributed by atoms with Gasteiger partial charge in [-0.15, -0.1) is 0 Å². The second-order valence-corrected chi connectivity index (χ2v) is 5.89. The van der Waals surface area contributed by atoms with Crippen molar-refractivity contribution in [3.63, 3.8) is 0 Å². The van der Waals surface area contributed by atoms with E-state index < -0.39 is 0 Å². The van der Waals surface area contributed by atoms with E-state index in [9.17, 15) is 0 Å². The Kier molecular flexibility index (Phi) is 3.14. The van der Waals surface area contributed by atoms with Gasteiger partial charge in [-0.3, -0.25) is 0 Å². The van der Waals surface area contributed by atoms with Crippen LogP contribution < -0.4 is 0 Å². The third kappa shape index (κ3) is 2.11. The molecule has 4 heteroatoms. The molecule has 0 unspecified atom stereocenters. The van der Waals surface area contributed by atoms with Gasteiger partial charge in [0.2, 0.25) is 0 Å². The van der Waals surface area contributed by atoms with E-state index in [2.05, 4.69) is 25.3 Å². The molecule has 0 amide bonds. The number of fused-ring (bicyclic) bond motifs is 1. The molecular formula is C13H14BrClN2. The van der Waals surface area contributed by atoms with Gasteiger partial charge in [-0.1, -0.05) is 30.9 Å². The summed E-state index contributed by atoms with van der Waals surface area (Å²) >= 11 is 9.61. The molecule has 2 aromatic heterocycles. The smallest absolute Gasteiger partial charge is 0.132 e. The molecule has 1 fully saturated rings. The van der Waals surface area contributed by atoms with Crippen molar-refractivity contribution in [2.75, 3.05) is 0 Å². The van der Waals surface area contributed by atoms with Crippen LogP contribution in [-0.2, 0) is 0 Å². The van der Waals surface area contributed by atoms with Crippen molar-refractivity contribution < 1.29 is 0 Å². The van der Waals surface area contributed by atoms with Gasteiger partial charge in [-0.05, 0) is 40.9 Å². The monoisotopic (exact) mass is 312 g/mol. The van der Waals surface area contributed by atoms with Crippen LogP contribution in [0.2, 0.25) is 5.02 Å². The maximum absolute atomic E-state index is 6.07. The number of aromatic nitrogens is 2. The lowest BCUT2D eigenvalue weighted by Crippen LogP contribution is -2.08. The number of hydrogen-bond donors (Lipinski definition) is 0. The zero-order chi connectivity index (χ0) is 11.8. The fraction of sp³-hybridized carbons (Fsp3) is 0.462. The predicted octanol–water partition coefficient (Wildman–Crippen LogP) is 4.80. The molecule has 1 aliphatic rings. The van der Waals surface area contributed by atoms with E-state index in [1.807, 2.05) is 18.3 Å². The Bertz CT molecular complexity index is 544. The van der Waals surface area contributed by atoms with Crippen LogP contribution in [0.15, 0.2) is 22.9 Å². The topological polar surface area (TPSA) is 17.3 Å². The minimum atomic E-state index is 0.584. The maximum atomic E-state index is 6.07. The molecular weight excluding hydrogens is 300 g/mol. The number of nitrogens with zero attached hydrogens (tertiary/aromatic N) is 2. The van der Waals surface area contributed by atoms with Gasteiger partial charge in [-0.2, -0.15) is 0 Å². The summed E-state index contributed by atoms with van der Waals surface area (Å²) in [7, 11) is 0. The van der Waals surface area contributed by atoms with Gasteiger partial charge in [-0.25, -0.2) is 4.98 Å². The van der Waals surface area contributed by atoms with Crippen LogP contribution in [-0.4, -0.2) is 9.38 Å². The van der Waals surface area contributed by atoms with Crippen LogP contribution in [0.5, 0.6) is 0 Å². The quantitative estimate of drug-likeness (QED) is 0.739. The normalized spacial score (nSPS) is 17.8. The molecule has 2 nitrogen and oxygen atoms in total. The largest absolute Gasteiger partial charge is 0.301 e. The number of imidazole rings is 1. The van der Waals surface area contributed by atoms with Crippen LogP contribution in [0.25, 0.3) is 5.52 Å². The summed E-state index contributed by atoms with van der Waals surface area (Å²) < 4.78 is 3.07. The molecule has 0 aliphatic heterocycles. The third-order valence-electron chi connectivity index (χ3n) is 3.55. The lowest BCUT2D eigenvalue weighted by atomic mass is 9.89. The molecule has 0 saturated heterocycles. The average Bonchev–Trinajstić information content (AvgIpc) is 2.67. The first-order valence-electron chi connectivity index (χ1n) is 6.09. The molecule has 0 aromatic carbocycles. The summed E-state index contributed by atoms with van der Waals surface area (Å²) in [5.74, 6) is 1.75. The fourth-order valence-corrected chi connectivity index (χ4v) is 3.36. The zero-order valence-electron chi connectivity index (χ0n) is 9.50. The molecule has 0 radical (unpaired) electrons. The first-order valence-corrected chi connectivity index (χ1v) is 7.26. The van der Waals surface area contributed by atoms with Crippen LogP contribution >= 0.6 is 27.5 Å². The molecule has 2 heterocycles. The van der Waals surface area contributed by atoms with Crippen LogP contribution in [0.4, 0.5) is 0 Å². The van der Waals surface area contributed by atoms with Crippen molar-refractivity contribution >= 4 is 33.0 Å². The Morgan fingerprint density at radius 2 is 2.00 bits per heavy atom. The van der Waals surface area contributed by atoms with E-state index in [4.69, 9.17) is 11.6 Å². The highest BCUT2D eigenvalue weighted by molar-refractivity contribution is 9.10. The summed E-state index contributed by atoms with van der Waals surface area (Å²) in [6, 6.07) is 3.93. The highest BCUT2D eigenvalue weighted by Gasteiger charge is 2.21. The Labute approximate surface area is 114 Å². The molecule has 0 N–H and O–H groups in total. The van der Waals surface area contributed by atoms with Crippen molar-refractivity contribution in [3.8, 4) is 0 Å². The molecule has 1 saturated carbocycles. The predicted molar refractivity (Wildman–Crippen MR) is 73.7 cm³/mol. The van der Waals surface area contributed by atoms with Gasteiger partial charge in [0, 0.05) is 12.1 Å². The minimum Gasteiger partial charge on any atom is -0.301 e. The van der Waals surface area contributed by atoms with Gasteiger partial charge in [0.25, 0.3) is 0 Å². The van der Waals surface area contributed by atoms with E-state index in [0.29, 0.717) is 5.92 Å². The summed E-state index contributed by atoms with van der Waals surface area (Å²) in [5, 5.41) is 0.763. The highest BCUT2D eigenvalue weighted by Crippen LogP contribution is 2.34. The summed E-state index contributed by atoms with van der Waals surface area (Å²) in [5.41, 5.74) is 1.11. The fourth-order valence-electron chi connectivity index (χ4n) is 2.69. The third-order valence-corrected chi connectivity index (χ3v) is 4.36. The highest BCUT2D eigenvalue weighted by atomic mass is 79.9. The Morgan fingerprint density at radius 3 is 2.76 bits per heavy atom. The SMILES string of the molecule is Clc1ccc2c(Br)nc(C3CCCCC3)n2c1. The number of pyridine rings is 1. The lowest BCUT2D eigenvalue weighted by Gasteiger charge is -2.20. The molecule has 0 atom stereocenters. The Hall–Kier alpha value is -0.540. The molecule has 2 aromatic rings. The standard InChI is InChI=1S/C13H14BrClN2/c14-12-11-7-6-10(15)8-17(11)13(16-12)9-4-2-1-3-5-9/h6-9H,1-5H2. The van der Waals surface area contributed by atoms with Crippen LogP contribution in [0.3, 0.4) is 0 Å². The number of hydrogen-bond acceptors (Lipinski definition) is 1. The van der Waals surface area contributed by atoms with Crippen molar-refractivity contribution in [1.29, 1.82) is 0 Å². The Morgan fingerprint density at radius 1 is 1.24 bits per heavy atom. The minimum absolute atomic E-state index is 0.584. The number of halogens is 2. The molecule has 3 rings (SSSR count). The van der Waals surface area contributed by atoms with Crippen molar-refractivity contribution in [1.82, 2.24) is 9.38 Å². The van der Waals surface area contributed by atoms with E-state index >= 15 is 0 Å². The van der Waals surface area contributed by atoms with E-state index in [1.165, 1.54) is 32.1 Å². The van der Waals surface area contributed by atoms with Crippen molar-refractivity contribution in [2.45, 2.75) is 38.0 Å². The molecule has 0 spiro atoms. The van der Waals surface area contributed by atoms with Gasteiger partial charge < -0.3 is 4.40 Å². The Balaban J connectivity index is 2.11. The van der Waals surface area contributed by atoms with Gasteiger partial charge in [0.05, 0.1) is 10.5 Å². The van der Waals surface area contributed by atoms with E-state index in [-0.39, 0.29) is 0 Å². The molecule has 1 aliphatic carbocycles. The van der Waals surface area contributed by atoms with E-state index in [0.717, 1.165) is 21.0 Å². The molecule has 90 valence electrons. The first kappa shape index (κ1) is 11.5. The van der Waals surface area contributed by atoms with Crippen LogP contribution in [0.1, 0.15) is 43.8 Å². The van der Waals surface area contributed by atoms with E-state index in [1.54, 1.807) is 0 Å². The molecule has 17 heavy (non-hydrogen) atoms. The summed E-state index contributed by atoms with van der Waals surface area (Å²) in [4.78, 5) is 4.68. The second kappa shape index (κ2) is 4.62. The second-order valence-electron chi connectivity index (χ2n) is 4.70. The van der Waals surface area contributed by atoms with Gasteiger partial charge >= 0.3 is 0 Å². The molecule has 0 bridgehead atoms. The summed E-state index contributed by atoms with van der Waals surface area (Å²) in [6.45, 7) is 0. The van der Waals surface area contributed by atoms with Crippen molar-refractivity contribution in [2.24, 2.45) is 0 Å². The van der Waals surface area contributed by atoms with Gasteiger partial charge in [0.1, 0.15) is 10.4 Å². The van der Waals surface area contributed by atoms with Crippen LogP contribution in [0, 0.1) is 0 Å². The summed E-state index contributed by atoms with van der Waals surface area (Å²) in [6.07, 6.45) is 8.46. The lowest BCUT2D eigenvalue weighted by molar-refractivity contribution is 0.427. The number of rotatable bonds is 1. The zero-order valence-corrected chi connectivity index (χ0v) is 11.8. The van der Waals surface area contributed by atoms with Gasteiger partial charge in [0.15, 0.2) is 0 Å². The maximum Gasteiger partial charge on any atom is 0.132 e. The average molecular weight is 314 g/mol. The van der Waals surface area contributed by atoms with Crippen molar-refractivity contribution in [3.05, 3.63) is 33.8 Å².